The summed E-state index contributed by atoms with van der Waals surface area (Å²) in [5, 5.41) is 3.17. The third-order valence-electron chi connectivity index (χ3n) is 2.45. The highest BCUT2D eigenvalue weighted by Gasteiger charge is 2.16. The van der Waals surface area contributed by atoms with E-state index in [1.807, 2.05) is 6.92 Å². The molecular formula is C12H18BrN3O. The Kier molecular flexibility index (Phi) is 5.41. The number of anilines is 1. The number of nitrogens with zero attached hydrogens (tertiary/aromatic N) is 2. The highest BCUT2D eigenvalue weighted by atomic mass is 79.9. The zero-order valence-electron chi connectivity index (χ0n) is 10.5. The predicted molar refractivity (Wildman–Crippen MR) is 73.4 cm³/mol. The number of nitrogens with one attached hydrogen (secondary N) is 1. The molecule has 0 aliphatic carbocycles. The molecule has 1 rings (SSSR count). The van der Waals surface area contributed by atoms with Crippen molar-refractivity contribution in [1.82, 2.24) is 9.88 Å². The van der Waals surface area contributed by atoms with E-state index in [-0.39, 0.29) is 5.91 Å². The quantitative estimate of drug-likeness (QED) is 0.909. The van der Waals surface area contributed by atoms with E-state index in [4.69, 9.17) is 0 Å². The smallest absolute Gasteiger partial charge is 0.257 e. The van der Waals surface area contributed by atoms with Crippen LogP contribution in [-0.4, -0.2) is 35.9 Å². The molecule has 94 valence electrons. The summed E-state index contributed by atoms with van der Waals surface area (Å²) in [4.78, 5) is 18.1. The highest BCUT2D eigenvalue weighted by molar-refractivity contribution is 9.10. The zero-order valence-corrected chi connectivity index (χ0v) is 12.0. The third kappa shape index (κ3) is 3.70. The second-order valence-electron chi connectivity index (χ2n) is 3.80. The molecule has 1 aromatic heterocycles. The molecule has 1 amide bonds. The second kappa shape index (κ2) is 6.59. The Morgan fingerprint density at radius 2 is 2.24 bits per heavy atom. The van der Waals surface area contributed by atoms with Crippen LogP contribution in [0.3, 0.4) is 0 Å². The standard InChI is InChI=1S/C12H18BrN3O/c1-4-6-14-11-10(7-9(13)8-15-11)12(17)16(3)5-2/h7-8H,4-6H2,1-3H3,(H,14,15). The molecule has 0 aromatic carbocycles. The van der Waals surface area contributed by atoms with Crippen LogP contribution in [0.15, 0.2) is 16.7 Å². The molecule has 0 saturated heterocycles. The van der Waals surface area contributed by atoms with Gasteiger partial charge in [0, 0.05) is 30.8 Å². The van der Waals surface area contributed by atoms with Gasteiger partial charge in [-0.2, -0.15) is 0 Å². The Morgan fingerprint density at radius 1 is 1.53 bits per heavy atom. The summed E-state index contributed by atoms with van der Waals surface area (Å²) in [7, 11) is 1.78. The van der Waals surface area contributed by atoms with E-state index in [1.54, 1.807) is 24.2 Å². The van der Waals surface area contributed by atoms with Crippen molar-refractivity contribution < 1.29 is 4.79 Å². The maximum Gasteiger partial charge on any atom is 0.257 e. The van der Waals surface area contributed by atoms with Crippen molar-refractivity contribution in [2.75, 3.05) is 25.5 Å². The molecule has 0 saturated carbocycles. The van der Waals surface area contributed by atoms with Gasteiger partial charge in [0.25, 0.3) is 5.91 Å². The lowest BCUT2D eigenvalue weighted by molar-refractivity contribution is 0.0803. The van der Waals surface area contributed by atoms with Crippen LogP contribution in [0.25, 0.3) is 0 Å². The summed E-state index contributed by atoms with van der Waals surface area (Å²) in [5.41, 5.74) is 0.608. The van der Waals surface area contributed by atoms with Gasteiger partial charge >= 0.3 is 0 Å². The monoisotopic (exact) mass is 299 g/mol. The normalized spacial score (nSPS) is 10.1. The van der Waals surface area contributed by atoms with Crippen LogP contribution in [0.4, 0.5) is 5.82 Å². The maximum atomic E-state index is 12.1. The average Bonchev–Trinajstić information content (AvgIpc) is 2.35. The lowest BCUT2D eigenvalue weighted by Gasteiger charge is -2.17. The topological polar surface area (TPSA) is 45.2 Å². The molecule has 0 bridgehead atoms. The summed E-state index contributed by atoms with van der Waals surface area (Å²) in [6.45, 7) is 5.51. The number of hydrogen-bond donors (Lipinski definition) is 1. The Labute approximate surface area is 111 Å². The first-order valence-electron chi connectivity index (χ1n) is 5.75. The van der Waals surface area contributed by atoms with Crippen LogP contribution in [0.2, 0.25) is 0 Å². The lowest BCUT2D eigenvalue weighted by Crippen LogP contribution is -2.27. The lowest BCUT2D eigenvalue weighted by atomic mass is 10.2. The molecular weight excluding hydrogens is 282 g/mol. The fraction of sp³-hybridized carbons (Fsp3) is 0.500. The first kappa shape index (κ1) is 14.0. The van der Waals surface area contributed by atoms with E-state index in [9.17, 15) is 4.79 Å². The van der Waals surface area contributed by atoms with E-state index in [1.165, 1.54) is 0 Å². The van der Waals surface area contributed by atoms with Crippen LogP contribution in [0, 0.1) is 0 Å². The van der Waals surface area contributed by atoms with Gasteiger partial charge in [-0.15, -0.1) is 0 Å². The summed E-state index contributed by atoms with van der Waals surface area (Å²) in [6, 6.07) is 1.81. The van der Waals surface area contributed by atoms with E-state index in [0.717, 1.165) is 17.4 Å². The van der Waals surface area contributed by atoms with Crippen LogP contribution in [0.5, 0.6) is 0 Å². The van der Waals surface area contributed by atoms with E-state index in [2.05, 4.69) is 33.2 Å². The number of carbonyl (C=O) groups is 1. The van der Waals surface area contributed by atoms with Crippen LogP contribution in [-0.2, 0) is 0 Å². The van der Waals surface area contributed by atoms with Crippen molar-refractivity contribution in [2.45, 2.75) is 20.3 Å². The third-order valence-corrected chi connectivity index (χ3v) is 2.88. The fourth-order valence-corrected chi connectivity index (χ4v) is 1.67. The van der Waals surface area contributed by atoms with Gasteiger partial charge in [0.1, 0.15) is 5.82 Å². The first-order chi connectivity index (χ1) is 8.10. The molecule has 1 aromatic rings. The minimum Gasteiger partial charge on any atom is -0.369 e. The van der Waals surface area contributed by atoms with Gasteiger partial charge in [0.15, 0.2) is 0 Å². The summed E-state index contributed by atoms with van der Waals surface area (Å²) >= 11 is 3.34. The van der Waals surface area contributed by atoms with Gasteiger partial charge in [0.2, 0.25) is 0 Å². The minimum absolute atomic E-state index is 0.0140. The van der Waals surface area contributed by atoms with Gasteiger partial charge in [-0.1, -0.05) is 6.92 Å². The number of hydrogen-bond acceptors (Lipinski definition) is 3. The number of halogens is 1. The van der Waals surface area contributed by atoms with Gasteiger partial charge in [-0.3, -0.25) is 4.79 Å². The molecule has 4 nitrogen and oxygen atoms in total. The molecule has 0 radical (unpaired) electrons. The maximum absolute atomic E-state index is 12.1. The van der Waals surface area contributed by atoms with Crippen LogP contribution >= 0.6 is 15.9 Å². The molecule has 0 atom stereocenters. The average molecular weight is 300 g/mol. The Bertz CT molecular complexity index is 395. The van der Waals surface area contributed by atoms with Crippen molar-refractivity contribution in [3.8, 4) is 0 Å². The van der Waals surface area contributed by atoms with E-state index >= 15 is 0 Å². The molecule has 0 aliphatic rings. The van der Waals surface area contributed by atoms with Gasteiger partial charge < -0.3 is 10.2 Å². The second-order valence-corrected chi connectivity index (χ2v) is 4.71. The van der Waals surface area contributed by atoms with Crippen molar-refractivity contribution in [3.05, 3.63) is 22.3 Å². The van der Waals surface area contributed by atoms with Crippen molar-refractivity contribution in [3.63, 3.8) is 0 Å². The van der Waals surface area contributed by atoms with E-state index < -0.39 is 0 Å². The molecule has 0 spiro atoms. The summed E-state index contributed by atoms with van der Waals surface area (Å²) < 4.78 is 0.812. The SMILES string of the molecule is CCCNc1ncc(Br)cc1C(=O)N(C)CC. The van der Waals surface area contributed by atoms with Gasteiger partial charge in [-0.25, -0.2) is 4.98 Å². The van der Waals surface area contributed by atoms with Gasteiger partial charge in [-0.05, 0) is 35.3 Å². The molecule has 1 heterocycles. The zero-order chi connectivity index (χ0) is 12.8. The molecule has 0 unspecified atom stereocenters. The van der Waals surface area contributed by atoms with E-state index in [0.29, 0.717) is 17.9 Å². The first-order valence-corrected chi connectivity index (χ1v) is 6.54. The Morgan fingerprint density at radius 3 is 2.82 bits per heavy atom. The Balaban J connectivity index is 3.01. The number of aromatic nitrogens is 1. The number of carbonyl (C=O) groups excluding carboxylic acids is 1. The van der Waals surface area contributed by atoms with Crippen molar-refractivity contribution in [2.24, 2.45) is 0 Å². The summed E-state index contributed by atoms with van der Waals surface area (Å²) in [5.74, 6) is 0.639. The highest BCUT2D eigenvalue weighted by Crippen LogP contribution is 2.19. The molecule has 0 aliphatic heterocycles. The molecule has 5 heteroatoms. The molecule has 0 fully saturated rings. The predicted octanol–water partition coefficient (Wildman–Crippen LogP) is 2.76. The van der Waals surface area contributed by atoms with Crippen LogP contribution < -0.4 is 5.32 Å². The van der Waals surface area contributed by atoms with Gasteiger partial charge in [0.05, 0.1) is 5.56 Å². The Hall–Kier alpha value is -1.10. The van der Waals surface area contributed by atoms with Crippen molar-refractivity contribution in [1.29, 1.82) is 0 Å². The number of rotatable bonds is 5. The van der Waals surface area contributed by atoms with Crippen LogP contribution in [0.1, 0.15) is 30.6 Å². The fourth-order valence-electron chi connectivity index (χ4n) is 1.34. The summed E-state index contributed by atoms with van der Waals surface area (Å²) in [6.07, 6.45) is 2.69. The number of pyridine rings is 1. The minimum atomic E-state index is -0.0140. The van der Waals surface area contributed by atoms with Crippen molar-refractivity contribution >= 4 is 27.7 Å². The molecule has 1 N–H and O–H groups in total. The largest absolute Gasteiger partial charge is 0.369 e. The number of amides is 1. The molecule has 17 heavy (non-hydrogen) atoms.